The third-order valence-corrected chi connectivity index (χ3v) is 6.74. The Morgan fingerprint density at radius 1 is 1.06 bits per heavy atom. The number of likely N-dealkylation sites (tertiary alicyclic amines) is 1. The lowest BCUT2D eigenvalue weighted by Gasteiger charge is -2.43. The van der Waals surface area contributed by atoms with Crippen molar-refractivity contribution >= 4 is 23.4 Å². The summed E-state index contributed by atoms with van der Waals surface area (Å²) >= 11 is 0. The summed E-state index contributed by atoms with van der Waals surface area (Å²) in [6.07, 6.45) is 3.48. The molecule has 2 fully saturated rings. The van der Waals surface area contributed by atoms with E-state index in [-0.39, 0.29) is 30.2 Å². The van der Waals surface area contributed by atoms with Crippen molar-refractivity contribution in [3.05, 3.63) is 60.4 Å². The van der Waals surface area contributed by atoms with Crippen LogP contribution >= 0.6 is 0 Å². The summed E-state index contributed by atoms with van der Waals surface area (Å²) in [6.45, 7) is 5.72. The molecule has 8 nitrogen and oxygen atoms in total. The number of piperidine rings is 1. The summed E-state index contributed by atoms with van der Waals surface area (Å²) in [4.78, 5) is 48.8. The molecule has 2 aliphatic heterocycles. The van der Waals surface area contributed by atoms with Crippen molar-refractivity contribution in [3.8, 4) is 0 Å². The number of anilines is 1. The molecule has 0 aliphatic carbocycles. The lowest BCUT2D eigenvalue weighted by Crippen LogP contribution is -2.57. The topological polar surface area (TPSA) is 85.8 Å². The van der Waals surface area contributed by atoms with Gasteiger partial charge in [-0.2, -0.15) is 0 Å². The SMILES string of the molecule is CC(C)C(=O)N1CCC2(CC1)C(=O)N(CC(=O)NCCc1ccccn1)CN2c1ccccc1. The van der Waals surface area contributed by atoms with Crippen molar-refractivity contribution in [1.29, 1.82) is 0 Å². The Bertz CT molecular complexity index is 1000. The van der Waals surface area contributed by atoms with Crippen molar-refractivity contribution in [1.82, 2.24) is 20.1 Å². The molecule has 1 aromatic carbocycles. The number of aromatic nitrogens is 1. The minimum absolute atomic E-state index is 0.0147. The van der Waals surface area contributed by atoms with Crippen LogP contribution in [0.3, 0.4) is 0 Å². The Hall–Kier alpha value is -3.42. The van der Waals surface area contributed by atoms with Crippen molar-refractivity contribution < 1.29 is 14.4 Å². The molecule has 2 aliphatic rings. The number of nitrogens with one attached hydrogen (secondary N) is 1. The molecule has 4 rings (SSSR count). The van der Waals surface area contributed by atoms with Gasteiger partial charge in [0, 0.05) is 49.6 Å². The van der Waals surface area contributed by atoms with Crippen LogP contribution in [-0.2, 0) is 20.8 Å². The molecule has 0 unspecified atom stereocenters. The van der Waals surface area contributed by atoms with Crippen LogP contribution in [0.15, 0.2) is 54.7 Å². The highest BCUT2D eigenvalue weighted by atomic mass is 16.2. The Balaban J connectivity index is 1.44. The number of hydrogen-bond donors (Lipinski definition) is 1. The third kappa shape index (κ3) is 4.90. The van der Waals surface area contributed by atoms with Crippen LogP contribution in [0.5, 0.6) is 0 Å². The maximum atomic E-state index is 13.7. The van der Waals surface area contributed by atoms with E-state index in [0.29, 0.717) is 45.6 Å². The Kier molecular flexibility index (Phi) is 7.14. The number of amides is 3. The number of hydrogen-bond acceptors (Lipinski definition) is 5. The largest absolute Gasteiger partial charge is 0.354 e. The number of benzene rings is 1. The summed E-state index contributed by atoms with van der Waals surface area (Å²) < 4.78 is 0. The maximum Gasteiger partial charge on any atom is 0.250 e. The van der Waals surface area contributed by atoms with E-state index in [4.69, 9.17) is 0 Å². The molecular formula is C26H33N5O3. The molecule has 2 aromatic rings. The summed E-state index contributed by atoms with van der Waals surface area (Å²) in [5.41, 5.74) is 1.14. The first-order valence-electron chi connectivity index (χ1n) is 12.0. The van der Waals surface area contributed by atoms with Gasteiger partial charge in [0.1, 0.15) is 12.1 Å². The summed E-state index contributed by atoms with van der Waals surface area (Å²) in [5.74, 6) is -0.157. The van der Waals surface area contributed by atoms with Gasteiger partial charge in [0.2, 0.25) is 11.8 Å². The van der Waals surface area contributed by atoms with Crippen LogP contribution in [0.2, 0.25) is 0 Å². The summed E-state index contributed by atoms with van der Waals surface area (Å²) in [5, 5.41) is 2.91. The van der Waals surface area contributed by atoms with Gasteiger partial charge in [-0.3, -0.25) is 19.4 Å². The van der Waals surface area contributed by atoms with Gasteiger partial charge in [-0.15, -0.1) is 0 Å². The van der Waals surface area contributed by atoms with Gasteiger partial charge in [-0.05, 0) is 37.1 Å². The minimum atomic E-state index is -0.733. The standard InChI is InChI=1S/C26H33N5O3/c1-20(2)24(33)29-16-12-26(13-17-29)25(34)30(19-31(26)22-9-4-3-5-10-22)18-23(32)28-15-11-21-8-6-7-14-27-21/h3-10,14,20H,11-13,15-19H2,1-2H3,(H,28,32). The molecule has 1 aromatic heterocycles. The molecule has 2 saturated heterocycles. The monoisotopic (exact) mass is 463 g/mol. The molecule has 0 atom stereocenters. The van der Waals surface area contributed by atoms with Crippen molar-refractivity contribution in [2.75, 3.05) is 37.7 Å². The first kappa shape index (κ1) is 23.7. The Morgan fingerprint density at radius 3 is 2.41 bits per heavy atom. The van der Waals surface area contributed by atoms with Crippen LogP contribution in [0.1, 0.15) is 32.4 Å². The van der Waals surface area contributed by atoms with E-state index >= 15 is 0 Å². The molecule has 1 spiro atoms. The third-order valence-electron chi connectivity index (χ3n) is 6.74. The average molecular weight is 464 g/mol. The highest BCUT2D eigenvalue weighted by molar-refractivity contribution is 5.96. The fourth-order valence-electron chi connectivity index (χ4n) is 4.89. The van der Waals surface area contributed by atoms with E-state index in [1.807, 2.05) is 67.3 Å². The molecule has 8 heteroatoms. The van der Waals surface area contributed by atoms with Crippen LogP contribution in [-0.4, -0.2) is 70.9 Å². The normalized spacial score (nSPS) is 17.5. The number of pyridine rings is 1. The van der Waals surface area contributed by atoms with Crippen molar-refractivity contribution in [2.24, 2.45) is 5.92 Å². The molecule has 0 radical (unpaired) electrons. The Labute approximate surface area is 200 Å². The fraction of sp³-hybridized carbons (Fsp3) is 0.462. The molecule has 3 amide bonds. The van der Waals surface area contributed by atoms with Crippen molar-refractivity contribution in [3.63, 3.8) is 0 Å². The van der Waals surface area contributed by atoms with Gasteiger partial charge in [0.05, 0.1) is 6.67 Å². The smallest absolute Gasteiger partial charge is 0.250 e. The van der Waals surface area contributed by atoms with Gasteiger partial charge in [-0.25, -0.2) is 0 Å². The van der Waals surface area contributed by atoms with Crippen LogP contribution < -0.4 is 10.2 Å². The zero-order valence-electron chi connectivity index (χ0n) is 19.9. The van der Waals surface area contributed by atoms with Crippen LogP contribution in [0.4, 0.5) is 5.69 Å². The highest BCUT2D eigenvalue weighted by Gasteiger charge is 2.54. The predicted molar refractivity (Wildman–Crippen MR) is 130 cm³/mol. The van der Waals surface area contributed by atoms with Gasteiger partial charge < -0.3 is 20.0 Å². The summed E-state index contributed by atoms with van der Waals surface area (Å²) in [7, 11) is 0. The van der Waals surface area contributed by atoms with E-state index in [0.717, 1.165) is 11.4 Å². The molecule has 0 bridgehead atoms. The second-order valence-electron chi connectivity index (χ2n) is 9.34. The molecular weight excluding hydrogens is 430 g/mol. The highest BCUT2D eigenvalue weighted by Crippen LogP contribution is 2.39. The average Bonchev–Trinajstić information content (AvgIpc) is 3.11. The Morgan fingerprint density at radius 2 is 1.76 bits per heavy atom. The predicted octanol–water partition coefficient (Wildman–Crippen LogP) is 2.06. The first-order valence-corrected chi connectivity index (χ1v) is 12.0. The number of carbonyl (C=O) groups is 3. The van der Waals surface area contributed by atoms with E-state index < -0.39 is 5.54 Å². The molecule has 1 N–H and O–H groups in total. The quantitative estimate of drug-likeness (QED) is 0.679. The van der Waals surface area contributed by atoms with E-state index in [2.05, 4.69) is 15.2 Å². The lowest BCUT2D eigenvalue weighted by molar-refractivity contribution is -0.141. The second kappa shape index (κ2) is 10.2. The number of carbonyl (C=O) groups excluding carboxylic acids is 3. The fourth-order valence-corrected chi connectivity index (χ4v) is 4.89. The van der Waals surface area contributed by atoms with E-state index in [1.54, 1.807) is 11.1 Å². The molecule has 180 valence electrons. The number of rotatable bonds is 7. The zero-order chi connectivity index (χ0) is 24.1. The van der Waals surface area contributed by atoms with Gasteiger partial charge in [0.25, 0.3) is 5.91 Å². The molecule has 3 heterocycles. The summed E-state index contributed by atoms with van der Waals surface area (Å²) in [6, 6.07) is 15.6. The van der Waals surface area contributed by atoms with Crippen molar-refractivity contribution in [2.45, 2.75) is 38.6 Å². The number of para-hydroxylation sites is 1. The van der Waals surface area contributed by atoms with Gasteiger partial charge in [0.15, 0.2) is 0 Å². The molecule has 0 saturated carbocycles. The van der Waals surface area contributed by atoms with Crippen LogP contribution in [0, 0.1) is 5.92 Å². The molecule has 34 heavy (non-hydrogen) atoms. The van der Waals surface area contributed by atoms with E-state index in [1.165, 1.54) is 0 Å². The van der Waals surface area contributed by atoms with Gasteiger partial charge >= 0.3 is 0 Å². The minimum Gasteiger partial charge on any atom is -0.354 e. The second-order valence-corrected chi connectivity index (χ2v) is 9.34. The lowest BCUT2D eigenvalue weighted by atomic mass is 9.85. The van der Waals surface area contributed by atoms with E-state index in [9.17, 15) is 14.4 Å². The zero-order valence-corrected chi connectivity index (χ0v) is 19.9. The van der Waals surface area contributed by atoms with Gasteiger partial charge in [-0.1, -0.05) is 38.1 Å². The first-order chi connectivity index (χ1) is 16.4. The number of nitrogens with zero attached hydrogens (tertiary/aromatic N) is 4. The maximum absolute atomic E-state index is 13.7. The van der Waals surface area contributed by atoms with Crippen LogP contribution in [0.25, 0.3) is 0 Å².